The van der Waals surface area contributed by atoms with E-state index in [2.05, 4.69) is 6.58 Å². The lowest BCUT2D eigenvalue weighted by molar-refractivity contribution is -0.824. The van der Waals surface area contributed by atoms with E-state index in [1.165, 1.54) is 0 Å². The van der Waals surface area contributed by atoms with Crippen molar-refractivity contribution in [3.63, 3.8) is 0 Å². The highest BCUT2D eigenvalue weighted by Crippen LogP contribution is 2.47. The quantitative estimate of drug-likeness (QED) is 0.593. The first-order valence-corrected chi connectivity index (χ1v) is 5.63. The maximum Gasteiger partial charge on any atom is 0.610 e. The van der Waals surface area contributed by atoms with Crippen molar-refractivity contribution < 1.29 is 23.3 Å². The van der Waals surface area contributed by atoms with Crippen LogP contribution in [0.2, 0.25) is 0 Å². The Balaban J connectivity index is 2.17. The van der Waals surface area contributed by atoms with Crippen LogP contribution in [-0.2, 0) is 18.9 Å². The lowest BCUT2D eigenvalue weighted by Crippen LogP contribution is -2.64. The van der Waals surface area contributed by atoms with Gasteiger partial charge in [-0.1, -0.05) is 12.4 Å². The lowest BCUT2D eigenvalue weighted by Gasteiger charge is -2.43. The van der Waals surface area contributed by atoms with Gasteiger partial charge in [0.05, 0.1) is 0 Å². The van der Waals surface area contributed by atoms with Gasteiger partial charge < -0.3 is 13.7 Å². The summed E-state index contributed by atoms with van der Waals surface area (Å²) in [6.07, 6.45) is 1.72. The van der Waals surface area contributed by atoms with E-state index in [4.69, 9.17) is 9.31 Å². The largest absolute Gasteiger partial charge is 0.610 e. The van der Waals surface area contributed by atoms with E-state index in [9.17, 15) is 9.59 Å². The molecule has 3 heterocycles. The Morgan fingerprint density at radius 3 is 2.94 bits per heavy atom. The molecule has 6 heteroatoms. The van der Waals surface area contributed by atoms with Crippen LogP contribution in [0.3, 0.4) is 0 Å². The van der Waals surface area contributed by atoms with Gasteiger partial charge in [0, 0.05) is 13.0 Å². The van der Waals surface area contributed by atoms with Gasteiger partial charge in [0.2, 0.25) is 0 Å². The first-order valence-electron chi connectivity index (χ1n) is 5.63. The zero-order chi connectivity index (χ0) is 11.6. The second-order valence-electron chi connectivity index (χ2n) is 5.09. The van der Waals surface area contributed by atoms with Crippen LogP contribution in [0.1, 0.15) is 19.8 Å². The third-order valence-corrected chi connectivity index (χ3v) is 4.24. The molecule has 0 aromatic carbocycles. The van der Waals surface area contributed by atoms with Crippen molar-refractivity contribution in [1.29, 1.82) is 0 Å². The zero-order valence-electron chi connectivity index (χ0n) is 9.27. The van der Waals surface area contributed by atoms with Gasteiger partial charge in [0.25, 0.3) is 0 Å². The first kappa shape index (κ1) is 9.90. The number of hydrogen-bond acceptors (Lipinski definition) is 4. The molecule has 0 bridgehead atoms. The van der Waals surface area contributed by atoms with E-state index in [1.807, 2.05) is 0 Å². The van der Waals surface area contributed by atoms with Crippen molar-refractivity contribution in [2.45, 2.75) is 25.8 Å². The third kappa shape index (κ3) is 0.833. The summed E-state index contributed by atoms with van der Waals surface area (Å²) in [6.45, 7) is 4.67. The summed E-state index contributed by atoms with van der Waals surface area (Å²) in [6, 6.07) is -0.219. The van der Waals surface area contributed by atoms with Crippen LogP contribution >= 0.6 is 0 Å². The van der Waals surface area contributed by atoms with E-state index in [1.54, 1.807) is 6.92 Å². The molecule has 0 amide bonds. The average molecular weight is 223 g/mol. The molecule has 3 aliphatic rings. The summed E-state index contributed by atoms with van der Waals surface area (Å²) in [5.41, 5.74) is 0.656. The van der Waals surface area contributed by atoms with Crippen LogP contribution in [0.25, 0.3) is 0 Å². The predicted molar refractivity (Wildman–Crippen MR) is 55.8 cm³/mol. The van der Waals surface area contributed by atoms with Gasteiger partial charge in [0.1, 0.15) is 12.6 Å². The molecule has 0 aromatic rings. The number of allylic oxidation sites excluding steroid dienone is 1. The minimum absolute atomic E-state index is 0.219. The smallest absolute Gasteiger partial charge is 0.596 e. The van der Waals surface area contributed by atoms with Crippen LogP contribution < -0.4 is 0 Å². The van der Waals surface area contributed by atoms with Gasteiger partial charge in [-0.2, -0.15) is 0 Å². The van der Waals surface area contributed by atoms with Gasteiger partial charge in [-0.25, -0.2) is 4.79 Å². The maximum atomic E-state index is 11.8. The summed E-state index contributed by atoms with van der Waals surface area (Å²) in [5.74, 6) is -0.504. The molecule has 5 nitrogen and oxygen atoms in total. The molecule has 16 heavy (non-hydrogen) atoms. The van der Waals surface area contributed by atoms with Gasteiger partial charge in [-0.15, -0.1) is 6.58 Å². The summed E-state index contributed by atoms with van der Waals surface area (Å²) in [7, 11) is 0. The molecular weight excluding hydrogens is 209 g/mol. The van der Waals surface area contributed by atoms with E-state index in [0.29, 0.717) is 9.87 Å². The number of carbonyl (C=O) groups is 2. The Bertz CT molecular complexity index is 423. The second-order valence-corrected chi connectivity index (χ2v) is 5.09. The van der Waals surface area contributed by atoms with Crippen LogP contribution in [-0.4, -0.2) is 42.2 Å². The second kappa shape index (κ2) is 2.68. The Hall–Kier alpha value is -1.30. The fourth-order valence-corrected chi connectivity index (χ4v) is 3.60. The minimum atomic E-state index is -1.98. The van der Waals surface area contributed by atoms with Crippen molar-refractivity contribution in [3.8, 4) is 0 Å². The zero-order valence-corrected chi connectivity index (χ0v) is 9.27. The molecule has 0 aromatic heterocycles. The Morgan fingerprint density at radius 1 is 1.50 bits per heavy atom. The van der Waals surface area contributed by atoms with Crippen molar-refractivity contribution in [2.24, 2.45) is 0 Å². The number of carbonyl (C=O) groups excluding carboxylic acids is 2. The van der Waals surface area contributed by atoms with Crippen molar-refractivity contribution >= 4 is 18.6 Å². The van der Waals surface area contributed by atoms with E-state index in [0.717, 1.165) is 19.4 Å². The highest BCUT2D eigenvalue weighted by Gasteiger charge is 2.72. The fraction of sp³-hybridized carbons (Fsp3) is 0.600. The number of quaternary nitrogens is 1. The Labute approximate surface area is 93.6 Å². The molecule has 3 aliphatic heterocycles. The summed E-state index contributed by atoms with van der Waals surface area (Å²) < 4.78 is 11.1. The van der Waals surface area contributed by atoms with Gasteiger partial charge in [-0.05, 0) is 6.42 Å². The van der Waals surface area contributed by atoms with Crippen molar-refractivity contribution in [2.75, 3.05) is 13.1 Å². The molecule has 1 spiro atoms. The lowest BCUT2D eigenvalue weighted by atomic mass is 9.61. The first-order chi connectivity index (χ1) is 7.52. The predicted octanol–water partition coefficient (Wildman–Crippen LogP) is 0.133. The van der Waals surface area contributed by atoms with E-state index >= 15 is 0 Å². The summed E-state index contributed by atoms with van der Waals surface area (Å²) >= 11 is 0. The van der Waals surface area contributed by atoms with Gasteiger partial charge >= 0.3 is 18.6 Å². The minimum Gasteiger partial charge on any atom is -0.596 e. The third-order valence-electron chi connectivity index (χ3n) is 4.24. The molecule has 2 unspecified atom stereocenters. The van der Waals surface area contributed by atoms with Gasteiger partial charge in [0.15, 0.2) is 0 Å². The topological polar surface area (TPSA) is 52.6 Å². The SMILES string of the molecule is C=C(C)[B-]12OC(=O)C[N+]13CCC[C@H]3C(=O)O2. The number of rotatable bonds is 1. The number of hydrogen-bond donors (Lipinski definition) is 0. The molecule has 0 N–H and O–H groups in total. The molecular formula is C10H14BNO4. The van der Waals surface area contributed by atoms with Gasteiger partial charge in [-0.3, -0.25) is 4.79 Å². The van der Waals surface area contributed by atoms with Crippen molar-refractivity contribution in [1.82, 2.24) is 0 Å². The highest BCUT2D eigenvalue weighted by atomic mass is 16.7. The molecule has 3 rings (SSSR count). The Morgan fingerprint density at radius 2 is 2.25 bits per heavy atom. The Kier molecular flexibility index (Phi) is 1.66. The maximum absolute atomic E-state index is 11.8. The molecule has 86 valence electrons. The van der Waals surface area contributed by atoms with Crippen LogP contribution in [0.4, 0.5) is 0 Å². The fourth-order valence-electron chi connectivity index (χ4n) is 3.60. The van der Waals surface area contributed by atoms with E-state index in [-0.39, 0.29) is 24.5 Å². The molecule has 0 aliphatic carbocycles. The molecule has 0 saturated carbocycles. The standard InChI is InChI=1S/C10H14BNO4/c1-7(2)11-12(6-9(13)15-11)5-3-4-8(12)10(14)16-11/h8H,1,3-6H2,2H3/t8-,11?,12?/m0/s1. The molecule has 3 saturated heterocycles. The number of nitrogens with zero attached hydrogens (tertiary/aromatic N) is 1. The normalized spacial score (nSPS) is 44.9. The monoisotopic (exact) mass is 223 g/mol. The summed E-state index contributed by atoms with van der Waals surface area (Å²) in [5, 5.41) is 0. The average Bonchev–Trinajstić information content (AvgIpc) is 2.75. The summed E-state index contributed by atoms with van der Waals surface area (Å²) in [4.78, 5) is 23.4. The van der Waals surface area contributed by atoms with Crippen molar-refractivity contribution in [3.05, 3.63) is 12.1 Å². The van der Waals surface area contributed by atoms with Crippen LogP contribution in [0.15, 0.2) is 12.1 Å². The van der Waals surface area contributed by atoms with Crippen LogP contribution in [0.5, 0.6) is 0 Å². The molecule has 0 radical (unpaired) electrons. The van der Waals surface area contributed by atoms with E-state index < -0.39 is 6.69 Å². The molecule has 3 atom stereocenters. The molecule has 3 fully saturated rings. The van der Waals surface area contributed by atoms with Crippen LogP contribution in [0, 0.1) is 0 Å². The highest BCUT2D eigenvalue weighted by molar-refractivity contribution is 6.73.